The highest BCUT2D eigenvalue weighted by molar-refractivity contribution is 7.81. The summed E-state index contributed by atoms with van der Waals surface area (Å²) in [5.41, 5.74) is -0.652. The molecule has 0 aromatic heterocycles. The second-order valence-corrected chi connectivity index (χ2v) is 7.83. The van der Waals surface area contributed by atoms with E-state index >= 15 is 0 Å². The number of ether oxygens (including phenoxy) is 2. The number of alkyl halides is 3. The zero-order chi connectivity index (χ0) is 25.0. The van der Waals surface area contributed by atoms with Gasteiger partial charge >= 0.3 is 12.1 Å². The summed E-state index contributed by atoms with van der Waals surface area (Å²) >= 11 is 3.04. The van der Waals surface area contributed by atoms with Gasteiger partial charge in [-0.2, -0.15) is 18.4 Å². The molecule has 3 rings (SSSR count). The first-order valence-corrected chi connectivity index (χ1v) is 10.7. The molecule has 34 heavy (non-hydrogen) atoms. The number of rotatable bonds is 6. The van der Waals surface area contributed by atoms with Crippen molar-refractivity contribution in [1.29, 1.82) is 5.26 Å². The predicted molar refractivity (Wildman–Crippen MR) is 118 cm³/mol. The fourth-order valence-electron chi connectivity index (χ4n) is 2.91. The van der Waals surface area contributed by atoms with Crippen LogP contribution in [0.1, 0.15) is 21.5 Å². The predicted octanol–water partition coefficient (Wildman–Crippen LogP) is 6.08. The highest BCUT2D eigenvalue weighted by atomic mass is 35.5. The number of methoxy groups -OCH3 is 1. The Morgan fingerprint density at radius 2 is 1.74 bits per heavy atom. The second-order valence-electron chi connectivity index (χ2n) is 6.60. The van der Waals surface area contributed by atoms with Gasteiger partial charge in [0.2, 0.25) is 0 Å². The SMILES string of the molecule is COC(=O)c1ccc(N(c2ccc(Oc3ccc(Cl)c(C(F)(F)F)c3)c(C#N)c2)S(=O)O)cc1. The average molecular weight is 511 g/mol. The van der Waals surface area contributed by atoms with Gasteiger partial charge in [0.25, 0.3) is 11.3 Å². The Hall–Kier alpha value is -3.59. The summed E-state index contributed by atoms with van der Waals surface area (Å²) in [7, 11) is 1.21. The minimum absolute atomic E-state index is 0.0774. The maximum Gasteiger partial charge on any atom is 0.417 e. The lowest BCUT2D eigenvalue weighted by molar-refractivity contribution is -0.137. The Labute approximate surface area is 199 Å². The molecule has 12 heteroatoms. The Balaban J connectivity index is 1.95. The second kappa shape index (κ2) is 10.1. The molecule has 0 aliphatic carbocycles. The lowest BCUT2D eigenvalue weighted by Gasteiger charge is -2.21. The first kappa shape index (κ1) is 25.0. The number of benzene rings is 3. The van der Waals surface area contributed by atoms with E-state index in [1.807, 2.05) is 6.07 Å². The smallest absolute Gasteiger partial charge is 0.417 e. The van der Waals surface area contributed by atoms with E-state index < -0.39 is 34.0 Å². The van der Waals surface area contributed by atoms with Gasteiger partial charge in [-0.1, -0.05) is 11.6 Å². The number of carbonyl (C=O) groups excluding carboxylic acids is 1. The number of halogens is 4. The maximum atomic E-state index is 13.1. The van der Waals surface area contributed by atoms with Crippen molar-refractivity contribution in [3.05, 3.63) is 82.4 Å². The minimum atomic E-state index is -4.70. The molecule has 176 valence electrons. The molecule has 7 nitrogen and oxygen atoms in total. The zero-order valence-electron chi connectivity index (χ0n) is 17.2. The van der Waals surface area contributed by atoms with Crippen LogP contribution in [0.4, 0.5) is 24.5 Å². The summed E-state index contributed by atoms with van der Waals surface area (Å²) in [6.45, 7) is 0. The molecule has 0 aliphatic rings. The number of nitriles is 1. The van der Waals surface area contributed by atoms with Crippen molar-refractivity contribution in [2.75, 3.05) is 11.4 Å². The van der Waals surface area contributed by atoms with Crippen molar-refractivity contribution >= 4 is 40.2 Å². The molecule has 0 saturated heterocycles. The fraction of sp³-hybridized carbons (Fsp3) is 0.0909. The molecule has 0 spiro atoms. The Bertz CT molecular complexity index is 1290. The molecule has 0 amide bonds. The van der Waals surface area contributed by atoms with E-state index in [4.69, 9.17) is 16.3 Å². The molecule has 3 aromatic carbocycles. The van der Waals surface area contributed by atoms with Gasteiger partial charge in [0, 0.05) is 0 Å². The molecule has 0 saturated carbocycles. The van der Waals surface area contributed by atoms with Gasteiger partial charge < -0.3 is 9.47 Å². The third kappa shape index (κ3) is 5.48. The lowest BCUT2D eigenvalue weighted by atomic mass is 10.1. The average Bonchev–Trinajstić information content (AvgIpc) is 2.80. The van der Waals surface area contributed by atoms with E-state index in [2.05, 4.69) is 4.74 Å². The number of hydrogen-bond acceptors (Lipinski definition) is 5. The van der Waals surface area contributed by atoms with Gasteiger partial charge in [0.15, 0.2) is 0 Å². The van der Waals surface area contributed by atoms with E-state index in [1.165, 1.54) is 55.6 Å². The van der Waals surface area contributed by atoms with Crippen molar-refractivity contribution in [3.8, 4) is 17.6 Å². The van der Waals surface area contributed by atoms with E-state index in [1.54, 1.807) is 0 Å². The first-order chi connectivity index (χ1) is 16.0. The Morgan fingerprint density at radius 1 is 1.09 bits per heavy atom. The van der Waals surface area contributed by atoms with Crippen LogP contribution in [0.3, 0.4) is 0 Å². The third-order valence-electron chi connectivity index (χ3n) is 4.47. The molecule has 0 aliphatic heterocycles. The van der Waals surface area contributed by atoms with Crippen molar-refractivity contribution in [3.63, 3.8) is 0 Å². The molecule has 3 aromatic rings. The van der Waals surface area contributed by atoms with Crippen LogP contribution >= 0.6 is 11.6 Å². The van der Waals surface area contributed by atoms with Crippen LogP contribution in [0.5, 0.6) is 11.5 Å². The molecule has 0 fully saturated rings. The zero-order valence-corrected chi connectivity index (χ0v) is 18.7. The molecule has 1 N–H and O–H groups in total. The van der Waals surface area contributed by atoms with E-state index in [0.717, 1.165) is 10.4 Å². The molecule has 1 atom stereocenters. The Morgan fingerprint density at radius 3 is 2.29 bits per heavy atom. The molecule has 0 bridgehead atoms. The first-order valence-electron chi connectivity index (χ1n) is 9.23. The van der Waals surface area contributed by atoms with Gasteiger partial charge in [-0.3, -0.25) is 4.55 Å². The van der Waals surface area contributed by atoms with Crippen LogP contribution in [-0.2, 0) is 22.2 Å². The summed E-state index contributed by atoms with van der Waals surface area (Å²) in [5, 5.41) is 9.02. The summed E-state index contributed by atoms with van der Waals surface area (Å²) in [4.78, 5) is 11.6. The molecule has 1 unspecified atom stereocenters. The topological polar surface area (TPSA) is 99.9 Å². The number of anilines is 2. The van der Waals surface area contributed by atoms with Crippen molar-refractivity contribution in [2.24, 2.45) is 0 Å². The summed E-state index contributed by atoms with van der Waals surface area (Å²) in [6.07, 6.45) is -4.70. The number of carbonyl (C=O) groups is 1. The largest absolute Gasteiger partial charge is 0.465 e. The normalized spacial score (nSPS) is 11.9. The van der Waals surface area contributed by atoms with Crippen LogP contribution in [0.25, 0.3) is 0 Å². The van der Waals surface area contributed by atoms with Crippen molar-refractivity contribution < 1.29 is 36.2 Å². The lowest BCUT2D eigenvalue weighted by Crippen LogP contribution is -2.19. The molecule has 0 heterocycles. The highest BCUT2D eigenvalue weighted by Crippen LogP contribution is 2.39. The monoisotopic (exact) mass is 510 g/mol. The van der Waals surface area contributed by atoms with E-state index in [-0.39, 0.29) is 34.0 Å². The van der Waals surface area contributed by atoms with Crippen molar-refractivity contribution in [2.45, 2.75) is 6.18 Å². The third-order valence-corrected chi connectivity index (χ3v) is 5.53. The van der Waals surface area contributed by atoms with Gasteiger partial charge in [0.05, 0.1) is 40.2 Å². The number of nitrogens with zero attached hydrogens (tertiary/aromatic N) is 2. The molecule has 0 radical (unpaired) electrons. The maximum absolute atomic E-state index is 13.1. The van der Waals surface area contributed by atoms with Crippen LogP contribution in [0.15, 0.2) is 60.7 Å². The van der Waals surface area contributed by atoms with Gasteiger partial charge in [-0.05, 0) is 60.7 Å². The summed E-state index contributed by atoms with van der Waals surface area (Å²) in [6, 6.07) is 14.2. The van der Waals surface area contributed by atoms with E-state index in [0.29, 0.717) is 6.07 Å². The summed E-state index contributed by atoms with van der Waals surface area (Å²) in [5.74, 6) is -0.874. The van der Waals surface area contributed by atoms with E-state index in [9.17, 15) is 32.0 Å². The molecular formula is C22H14ClF3N2O5S. The quantitative estimate of drug-likeness (QED) is 0.318. The fourth-order valence-corrected chi connectivity index (χ4v) is 3.73. The van der Waals surface area contributed by atoms with Crippen LogP contribution < -0.4 is 9.04 Å². The number of hydrogen-bond donors (Lipinski definition) is 1. The summed E-state index contributed by atoms with van der Waals surface area (Å²) < 4.78 is 72.2. The van der Waals surface area contributed by atoms with Crippen LogP contribution in [0, 0.1) is 11.3 Å². The van der Waals surface area contributed by atoms with Crippen LogP contribution in [-0.4, -0.2) is 21.8 Å². The number of esters is 1. The Kier molecular flexibility index (Phi) is 7.46. The van der Waals surface area contributed by atoms with Crippen LogP contribution in [0.2, 0.25) is 5.02 Å². The minimum Gasteiger partial charge on any atom is -0.465 e. The standard InChI is InChI=1S/C22H14ClF3N2O5S/c1-32-21(29)13-2-4-15(5-3-13)28(34(30)31)16-6-9-20(14(10-16)12-27)33-17-7-8-19(23)18(11-17)22(24,25)26/h2-11H,1H3,(H,30,31). The van der Waals surface area contributed by atoms with Gasteiger partial charge in [-0.25, -0.2) is 13.3 Å². The highest BCUT2D eigenvalue weighted by Gasteiger charge is 2.33. The van der Waals surface area contributed by atoms with Gasteiger partial charge in [-0.15, -0.1) is 0 Å². The van der Waals surface area contributed by atoms with Crippen molar-refractivity contribution in [1.82, 2.24) is 0 Å². The van der Waals surface area contributed by atoms with Gasteiger partial charge in [0.1, 0.15) is 17.6 Å². The molecular weight excluding hydrogens is 497 g/mol.